The molecule has 0 radical (unpaired) electrons. The summed E-state index contributed by atoms with van der Waals surface area (Å²) in [5.74, 6) is 0.533. The SMILES string of the molecule is Cc1cccc(Cn2nccc2NC(=O)c2scnc2C)c1. The van der Waals surface area contributed by atoms with Gasteiger partial charge in [0.1, 0.15) is 10.7 Å². The largest absolute Gasteiger partial charge is 0.306 e. The molecule has 3 aromatic rings. The minimum atomic E-state index is -0.147. The summed E-state index contributed by atoms with van der Waals surface area (Å²) in [7, 11) is 0. The van der Waals surface area contributed by atoms with Crippen LogP contribution in [0.5, 0.6) is 0 Å². The number of hydrogen-bond donors (Lipinski definition) is 1. The number of nitrogens with zero attached hydrogens (tertiary/aromatic N) is 3. The van der Waals surface area contributed by atoms with E-state index >= 15 is 0 Å². The summed E-state index contributed by atoms with van der Waals surface area (Å²) in [5, 5.41) is 7.19. The number of nitrogens with one attached hydrogen (secondary N) is 1. The van der Waals surface area contributed by atoms with E-state index in [-0.39, 0.29) is 5.91 Å². The molecular formula is C16H16N4OS. The van der Waals surface area contributed by atoms with Gasteiger partial charge in [0.25, 0.3) is 5.91 Å². The lowest BCUT2D eigenvalue weighted by atomic mass is 10.1. The van der Waals surface area contributed by atoms with Gasteiger partial charge < -0.3 is 5.32 Å². The van der Waals surface area contributed by atoms with Crippen molar-refractivity contribution in [1.82, 2.24) is 14.8 Å². The highest BCUT2D eigenvalue weighted by molar-refractivity contribution is 7.12. The van der Waals surface area contributed by atoms with Gasteiger partial charge in [0.15, 0.2) is 0 Å². The third-order valence-corrected chi connectivity index (χ3v) is 4.25. The maximum atomic E-state index is 12.3. The van der Waals surface area contributed by atoms with Gasteiger partial charge in [-0.3, -0.25) is 4.79 Å². The predicted octanol–water partition coefficient (Wildman–Crippen LogP) is 3.26. The van der Waals surface area contributed by atoms with E-state index < -0.39 is 0 Å². The fourth-order valence-electron chi connectivity index (χ4n) is 2.24. The van der Waals surface area contributed by atoms with Crippen LogP contribution >= 0.6 is 11.3 Å². The maximum absolute atomic E-state index is 12.3. The van der Waals surface area contributed by atoms with Crippen LogP contribution in [0.1, 0.15) is 26.5 Å². The highest BCUT2D eigenvalue weighted by atomic mass is 32.1. The Morgan fingerprint density at radius 2 is 2.18 bits per heavy atom. The van der Waals surface area contributed by atoms with Crippen LogP contribution in [0.4, 0.5) is 5.82 Å². The lowest BCUT2D eigenvalue weighted by Gasteiger charge is -2.09. The summed E-state index contributed by atoms with van der Waals surface area (Å²) in [5.41, 5.74) is 4.77. The quantitative estimate of drug-likeness (QED) is 0.804. The molecule has 0 saturated heterocycles. The first kappa shape index (κ1) is 14.5. The van der Waals surface area contributed by atoms with Gasteiger partial charge in [0.2, 0.25) is 0 Å². The highest BCUT2D eigenvalue weighted by Gasteiger charge is 2.14. The smallest absolute Gasteiger partial charge is 0.268 e. The Kier molecular flexibility index (Phi) is 4.02. The van der Waals surface area contributed by atoms with Crippen molar-refractivity contribution < 1.29 is 4.79 Å². The summed E-state index contributed by atoms with van der Waals surface area (Å²) in [6.45, 7) is 4.50. The van der Waals surface area contributed by atoms with Crippen LogP contribution in [-0.4, -0.2) is 20.7 Å². The number of benzene rings is 1. The third-order valence-electron chi connectivity index (χ3n) is 3.32. The first-order chi connectivity index (χ1) is 10.6. The van der Waals surface area contributed by atoms with Gasteiger partial charge in [-0.15, -0.1) is 11.3 Å². The molecule has 6 heteroatoms. The summed E-state index contributed by atoms with van der Waals surface area (Å²) in [6.07, 6.45) is 1.69. The van der Waals surface area contributed by atoms with Gasteiger partial charge in [-0.2, -0.15) is 5.10 Å². The molecule has 0 atom stereocenters. The Balaban J connectivity index is 1.78. The van der Waals surface area contributed by atoms with E-state index in [1.165, 1.54) is 16.9 Å². The third kappa shape index (κ3) is 3.07. The minimum Gasteiger partial charge on any atom is -0.306 e. The van der Waals surface area contributed by atoms with Crippen molar-refractivity contribution in [1.29, 1.82) is 0 Å². The van der Waals surface area contributed by atoms with Crippen molar-refractivity contribution in [2.75, 3.05) is 5.32 Å². The van der Waals surface area contributed by atoms with Gasteiger partial charge >= 0.3 is 0 Å². The van der Waals surface area contributed by atoms with E-state index in [1.807, 2.05) is 19.1 Å². The van der Waals surface area contributed by atoms with Gasteiger partial charge in [-0.1, -0.05) is 29.8 Å². The number of aromatic nitrogens is 3. The molecule has 5 nitrogen and oxygen atoms in total. The van der Waals surface area contributed by atoms with Gasteiger partial charge in [-0.25, -0.2) is 9.67 Å². The molecule has 1 aromatic carbocycles. The van der Waals surface area contributed by atoms with Crippen molar-refractivity contribution in [2.45, 2.75) is 20.4 Å². The second kappa shape index (κ2) is 6.11. The molecule has 112 valence electrons. The monoisotopic (exact) mass is 312 g/mol. The Morgan fingerprint density at radius 3 is 2.91 bits per heavy atom. The molecule has 0 unspecified atom stereocenters. The van der Waals surface area contributed by atoms with E-state index in [1.54, 1.807) is 22.5 Å². The van der Waals surface area contributed by atoms with E-state index in [2.05, 4.69) is 34.5 Å². The van der Waals surface area contributed by atoms with E-state index in [0.29, 0.717) is 17.2 Å². The van der Waals surface area contributed by atoms with E-state index in [9.17, 15) is 4.79 Å². The standard InChI is InChI=1S/C16H16N4OS/c1-11-4-3-5-13(8-11)9-20-14(6-7-18-20)19-16(21)15-12(2)17-10-22-15/h3-8,10H,9H2,1-2H3,(H,19,21). The molecule has 3 rings (SSSR count). The molecule has 2 heterocycles. The van der Waals surface area contributed by atoms with Crippen molar-refractivity contribution >= 4 is 23.1 Å². The number of carbonyl (C=O) groups is 1. The number of amides is 1. The van der Waals surface area contributed by atoms with E-state index in [4.69, 9.17) is 0 Å². The summed E-state index contributed by atoms with van der Waals surface area (Å²) in [4.78, 5) is 17.0. The second-order valence-corrected chi connectivity index (χ2v) is 5.94. The van der Waals surface area contributed by atoms with Crippen LogP contribution < -0.4 is 5.32 Å². The molecular weight excluding hydrogens is 296 g/mol. The van der Waals surface area contributed by atoms with Crippen LogP contribution in [0.25, 0.3) is 0 Å². The highest BCUT2D eigenvalue weighted by Crippen LogP contribution is 2.16. The average molecular weight is 312 g/mol. The first-order valence-electron chi connectivity index (χ1n) is 6.92. The van der Waals surface area contributed by atoms with Crippen molar-refractivity contribution in [2.24, 2.45) is 0 Å². The molecule has 0 fully saturated rings. The first-order valence-corrected chi connectivity index (χ1v) is 7.80. The molecule has 0 aliphatic carbocycles. The molecule has 0 saturated carbocycles. The van der Waals surface area contributed by atoms with Gasteiger partial charge in [0.05, 0.1) is 23.9 Å². The predicted molar refractivity (Wildman–Crippen MR) is 87.3 cm³/mol. The Morgan fingerprint density at radius 1 is 1.32 bits per heavy atom. The Bertz CT molecular complexity index is 806. The summed E-state index contributed by atoms with van der Waals surface area (Å²) < 4.78 is 1.78. The molecule has 2 aromatic heterocycles. The zero-order valence-corrected chi connectivity index (χ0v) is 13.2. The molecule has 1 amide bonds. The number of thiazole rings is 1. The normalized spacial score (nSPS) is 10.6. The number of rotatable bonds is 4. The fourth-order valence-corrected chi connectivity index (χ4v) is 2.94. The lowest BCUT2D eigenvalue weighted by Crippen LogP contribution is -2.16. The van der Waals surface area contributed by atoms with Gasteiger partial charge in [-0.05, 0) is 19.4 Å². The van der Waals surface area contributed by atoms with E-state index in [0.717, 1.165) is 11.3 Å². The molecule has 1 N–H and O–H groups in total. The summed E-state index contributed by atoms with van der Waals surface area (Å²) >= 11 is 1.34. The number of aryl methyl sites for hydroxylation is 2. The summed E-state index contributed by atoms with van der Waals surface area (Å²) in [6, 6.07) is 10.0. The minimum absolute atomic E-state index is 0.147. The molecule has 0 spiro atoms. The maximum Gasteiger partial charge on any atom is 0.268 e. The average Bonchev–Trinajstić information content (AvgIpc) is 3.08. The molecule has 0 bridgehead atoms. The van der Waals surface area contributed by atoms with Crippen LogP contribution in [0, 0.1) is 13.8 Å². The topological polar surface area (TPSA) is 59.8 Å². The van der Waals surface area contributed by atoms with Gasteiger partial charge in [0, 0.05) is 6.07 Å². The van der Waals surface area contributed by atoms with Crippen LogP contribution in [0.3, 0.4) is 0 Å². The lowest BCUT2D eigenvalue weighted by molar-refractivity contribution is 0.102. The van der Waals surface area contributed by atoms with Crippen molar-refractivity contribution in [3.63, 3.8) is 0 Å². The zero-order chi connectivity index (χ0) is 15.5. The number of anilines is 1. The molecule has 0 aliphatic heterocycles. The number of hydrogen-bond acceptors (Lipinski definition) is 4. The van der Waals surface area contributed by atoms with Crippen LogP contribution in [0.2, 0.25) is 0 Å². The Hall–Kier alpha value is -2.47. The zero-order valence-electron chi connectivity index (χ0n) is 12.4. The molecule has 0 aliphatic rings. The van der Waals surface area contributed by atoms with Crippen LogP contribution in [0.15, 0.2) is 42.0 Å². The van der Waals surface area contributed by atoms with Crippen LogP contribution in [-0.2, 0) is 6.54 Å². The second-order valence-electron chi connectivity index (χ2n) is 5.08. The number of carbonyl (C=O) groups excluding carboxylic acids is 1. The van der Waals surface area contributed by atoms with Crippen molar-refractivity contribution in [3.8, 4) is 0 Å². The van der Waals surface area contributed by atoms with Crippen molar-refractivity contribution in [3.05, 3.63) is 63.7 Å². The molecule has 22 heavy (non-hydrogen) atoms. The Labute approximate surface area is 132 Å². The fraction of sp³-hybridized carbons (Fsp3) is 0.188.